The Morgan fingerprint density at radius 1 is 1.26 bits per heavy atom. The van der Waals surface area contributed by atoms with Crippen molar-refractivity contribution in [3.63, 3.8) is 0 Å². The van der Waals surface area contributed by atoms with Crippen LogP contribution in [0, 0.1) is 0 Å². The van der Waals surface area contributed by atoms with E-state index in [1.807, 2.05) is 6.92 Å². The number of amides is 1. The van der Waals surface area contributed by atoms with Crippen molar-refractivity contribution < 1.29 is 14.3 Å². The summed E-state index contributed by atoms with van der Waals surface area (Å²) in [5.41, 5.74) is 6.90. The lowest BCUT2D eigenvalue weighted by Crippen LogP contribution is -2.38. The molecule has 0 bridgehead atoms. The first kappa shape index (κ1) is 14.5. The first-order chi connectivity index (χ1) is 11.2. The normalized spacial score (nSPS) is 24.7. The molecule has 0 spiro atoms. The topological polar surface area (TPSA) is 63.2 Å². The molecule has 4 rings (SSSR count). The number of cyclic esters (lactones) is 1. The van der Waals surface area contributed by atoms with E-state index in [0.717, 1.165) is 37.6 Å². The maximum Gasteiger partial charge on any atom is 0.428 e. The lowest BCUT2D eigenvalue weighted by Gasteiger charge is -2.31. The van der Waals surface area contributed by atoms with Gasteiger partial charge in [-0.3, -0.25) is 0 Å². The molecule has 2 fully saturated rings. The van der Waals surface area contributed by atoms with Crippen LogP contribution in [0.2, 0.25) is 0 Å². The zero-order valence-electron chi connectivity index (χ0n) is 13.2. The fourth-order valence-electron chi connectivity index (χ4n) is 3.27. The second-order valence-corrected chi connectivity index (χ2v) is 6.30. The van der Waals surface area contributed by atoms with Gasteiger partial charge in [0.2, 0.25) is 0 Å². The molecule has 1 aromatic carbocycles. The number of morpholine rings is 1. The summed E-state index contributed by atoms with van der Waals surface area (Å²) in [4.78, 5) is 13.6. The first-order valence-electron chi connectivity index (χ1n) is 8.23. The minimum atomic E-state index is -0.492. The van der Waals surface area contributed by atoms with Gasteiger partial charge in [-0.1, -0.05) is 6.07 Å². The Labute approximate surface area is 135 Å². The fraction of sp³-hybridized carbons (Fsp3) is 0.529. The highest BCUT2D eigenvalue weighted by molar-refractivity contribution is 6.06. The Morgan fingerprint density at radius 3 is 2.74 bits per heavy atom. The molecule has 23 heavy (non-hydrogen) atoms. The summed E-state index contributed by atoms with van der Waals surface area (Å²) in [6.07, 6.45) is 1.67. The standard InChI is InChI=1S/C17H21N3O3/c1-11-16(18-19-17(21)23-11)13-4-5-15(14(10-13)12-2-3-12)20-6-8-22-9-7-20/h4-5,10-12H,2-3,6-9H2,1H3,(H,19,21)/t11-/m0/s1. The minimum absolute atomic E-state index is 0.329. The van der Waals surface area contributed by atoms with E-state index >= 15 is 0 Å². The molecule has 0 unspecified atom stereocenters. The highest BCUT2D eigenvalue weighted by Crippen LogP contribution is 2.45. The molecule has 1 saturated carbocycles. The maximum absolute atomic E-state index is 11.2. The van der Waals surface area contributed by atoms with E-state index in [1.165, 1.54) is 24.1 Å². The zero-order valence-corrected chi connectivity index (χ0v) is 13.2. The summed E-state index contributed by atoms with van der Waals surface area (Å²) in [5, 5.41) is 4.18. The van der Waals surface area contributed by atoms with Gasteiger partial charge in [0.1, 0.15) is 11.8 Å². The summed E-state index contributed by atoms with van der Waals surface area (Å²) in [6, 6.07) is 6.48. The quantitative estimate of drug-likeness (QED) is 0.929. The average Bonchev–Trinajstić information content (AvgIpc) is 3.40. The van der Waals surface area contributed by atoms with Crippen molar-refractivity contribution in [3.8, 4) is 0 Å². The van der Waals surface area contributed by atoms with Gasteiger partial charge in [-0.05, 0) is 43.4 Å². The van der Waals surface area contributed by atoms with Crippen LogP contribution in [0.3, 0.4) is 0 Å². The molecule has 3 aliphatic rings. The molecule has 1 N–H and O–H groups in total. The molecule has 2 aliphatic heterocycles. The molecule has 1 atom stereocenters. The third kappa shape index (κ3) is 2.91. The van der Waals surface area contributed by atoms with Crippen molar-refractivity contribution in [2.24, 2.45) is 5.10 Å². The zero-order chi connectivity index (χ0) is 15.8. The van der Waals surface area contributed by atoms with E-state index in [2.05, 4.69) is 33.6 Å². The van der Waals surface area contributed by atoms with Crippen LogP contribution in [0.1, 0.15) is 36.8 Å². The molecule has 6 nitrogen and oxygen atoms in total. The number of benzene rings is 1. The van der Waals surface area contributed by atoms with E-state index in [9.17, 15) is 4.79 Å². The lowest BCUT2D eigenvalue weighted by atomic mass is 9.98. The number of ether oxygens (including phenoxy) is 2. The van der Waals surface area contributed by atoms with Gasteiger partial charge >= 0.3 is 6.09 Å². The fourth-order valence-corrected chi connectivity index (χ4v) is 3.27. The Morgan fingerprint density at radius 2 is 2.04 bits per heavy atom. The lowest BCUT2D eigenvalue weighted by molar-refractivity contribution is 0.122. The molecule has 122 valence electrons. The summed E-state index contributed by atoms with van der Waals surface area (Å²) in [6.45, 7) is 5.31. The van der Waals surface area contributed by atoms with Crippen LogP contribution in [0.4, 0.5) is 10.5 Å². The van der Waals surface area contributed by atoms with Crippen LogP contribution >= 0.6 is 0 Å². The van der Waals surface area contributed by atoms with Crippen LogP contribution in [0.5, 0.6) is 0 Å². The van der Waals surface area contributed by atoms with E-state index in [0.29, 0.717) is 5.92 Å². The Balaban J connectivity index is 1.67. The van der Waals surface area contributed by atoms with Crippen molar-refractivity contribution in [2.45, 2.75) is 31.8 Å². The van der Waals surface area contributed by atoms with Crippen LogP contribution < -0.4 is 10.3 Å². The molecule has 1 amide bonds. The largest absolute Gasteiger partial charge is 0.439 e. The molecule has 1 aromatic rings. The van der Waals surface area contributed by atoms with Gasteiger partial charge in [0.05, 0.1) is 13.2 Å². The van der Waals surface area contributed by atoms with Crippen molar-refractivity contribution in [1.29, 1.82) is 0 Å². The molecule has 0 radical (unpaired) electrons. The van der Waals surface area contributed by atoms with Gasteiger partial charge in [0, 0.05) is 24.3 Å². The van der Waals surface area contributed by atoms with E-state index in [-0.39, 0.29) is 6.10 Å². The predicted octanol–water partition coefficient (Wildman–Crippen LogP) is 2.23. The van der Waals surface area contributed by atoms with Crippen molar-refractivity contribution in [2.75, 3.05) is 31.2 Å². The number of hydrogen-bond acceptors (Lipinski definition) is 5. The summed E-state index contributed by atoms with van der Waals surface area (Å²) in [5.74, 6) is 0.641. The third-order valence-corrected chi connectivity index (χ3v) is 4.63. The summed E-state index contributed by atoms with van der Waals surface area (Å²) in [7, 11) is 0. The van der Waals surface area contributed by atoms with Gasteiger partial charge in [0.15, 0.2) is 0 Å². The van der Waals surface area contributed by atoms with Crippen molar-refractivity contribution in [3.05, 3.63) is 29.3 Å². The number of hydrogen-bond donors (Lipinski definition) is 1. The number of carbonyl (C=O) groups excluding carboxylic acids is 1. The smallest absolute Gasteiger partial charge is 0.428 e. The molecular formula is C17H21N3O3. The number of rotatable bonds is 3. The molecule has 0 aromatic heterocycles. The van der Waals surface area contributed by atoms with Crippen LogP contribution in [0.25, 0.3) is 0 Å². The summed E-state index contributed by atoms with van der Waals surface area (Å²) >= 11 is 0. The number of nitrogens with one attached hydrogen (secondary N) is 1. The predicted molar refractivity (Wildman–Crippen MR) is 87.1 cm³/mol. The van der Waals surface area contributed by atoms with Gasteiger partial charge in [0.25, 0.3) is 0 Å². The molecule has 6 heteroatoms. The highest BCUT2D eigenvalue weighted by atomic mass is 16.6. The Hall–Kier alpha value is -2.08. The third-order valence-electron chi connectivity index (χ3n) is 4.63. The Kier molecular flexibility index (Phi) is 3.69. The molecule has 2 heterocycles. The van der Waals surface area contributed by atoms with Gasteiger partial charge in [-0.2, -0.15) is 5.10 Å². The molecular weight excluding hydrogens is 294 g/mol. The second-order valence-electron chi connectivity index (χ2n) is 6.30. The maximum atomic E-state index is 11.2. The van der Waals surface area contributed by atoms with Gasteiger partial charge < -0.3 is 14.4 Å². The van der Waals surface area contributed by atoms with Crippen LogP contribution in [-0.4, -0.2) is 44.2 Å². The van der Waals surface area contributed by atoms with Crippen molar-refractivity contribution >= 4 is 17.5 Å². The van der Waals surface area contributed by atoms with Crippen LogP contribution in [0.15, 0.2) is 23.3 Å². The van der Waals surface area contributed by atoms with E-state index < -0.39 is 6.09 Å². The average molecular weight is 315 g/mol. The van der Waals surface area contributed by atoms with Gasteiger partial charge in [-0.25, -0.2) is 10.2 Å². The van der Waals surface area contributed by atoms with E-state index in [1.54, 1.807) is 0 Å². The number of hydrazone groups is 1. The SMILES string of the molecule is C[C@@H]1OC(=O)NN=C1c1ccc(N2CCOCC2)c(C2CC2)c1. The Bertz CT molecular complexity index is 648. The minimum Gasteiger partial charge on any atom is -0.439 e. The second kappa shape index (κ2) is 5.85. The van der Waals surface area contributed by atoms with E-state index in [4.69, 9.17) is 9.47 Å². The monoisotopic (exact) mass is 315 g/mol. The summed E-state index contributed by atoms with van der Waals surface area (Å²) < 4.78 is 10.7. The van der Waals surface area contributed by atoms with Crippen LogP contribution in [-0.2, 0) is 9.47 Å². The van der Waals surface area contributed by atoms with Crippen molar-refractivity contribution in [1.82, 2.24) is 5.43 Å². The molecule has 1 saturated heterocycles. The van der Waals surface area contributed by atoms with Gasteiger partial charge in [-0.15, -0.1) is 0 Å². The number of carbonyl (C=O) groups is 1. The first-order valence-corrected chi connectivity index (χ1v) is 8.23. The highest BCUT2D eigenvalue weighted by Gasteiger charge is 2.30. The number of nitrogens with zero attached hydrogens (tertiary/aromatic N) is 2. The molecule has 1 aliphatic carbocycles. The number of anilines is 1.